The first-order chi connectivity index (χ1) is 12.9. The summed E-state index contributed by atoms with van der Waals surface area (Å²) < 4.78 is 5.13. The SMILES string of the molecule is COc1ccc(N2CN(C(=O)CN(C(=O)CC(C)C)C3CC3)CC2=O)cc1. The van der Waals surface area contributed by atoms with E-state index in [-0.39, 0.29) is 49.4 Å². The topological polar surface area (TPSA) is 70.2 Å². The number of amides is 3. The third-order valence-corrected chi connectivity index (χ3v) is 4.87. The molecule has 7 nitrogen and oxygen atoms in total. The van der Waals surface area contributed by atoms with Crippen molar-refractivity contribution in [2.75, 3.05) is 31.8 Å². The van der Waals surface area contributed by atoms with Crippen LogP contribution in [0.2, 0.25) is 0 Å². The Kier molecular flexibility index (Phi) is 5.68. The molecule has 1 heterocycles. The molecule has 0 radical (unpaired) electrons. The Morgan fingerprint density at radius 2 is 1.89 bits per heavy atom. The number of anilines is 1. The Balaban J connectivity index is 1.63. The van der Waals surface area contributed by atoms with Crippen molar-refractivity contribution in [1.29, 1.82) is 0 Å². The summed E-state index contributed by atoms with van der Waals surface area (Å²) in [5.74, 6) is 0.691. The van der Waals surface area contributed by atoms with Crippen molar-refractivity contribution in [2.24, 2.45) is 5.92 Å². The third kappa shape index (κ3) is 4.59. The molecule has 1 saturated heterocycles. The lowest BCUT2D eigenvalue weighted by atomic mass is 10.1. The number of methoxy groups -OCH3 is 1. The molecule has 7 heteroatoms. The van der Waals surface area contributed by atoms with Gasteiger partial charge in [0.1, 0.15) is 25.5 Å². The van der Waals surface area contributed by atoms with E-state index in [0.717, 1.165) is 18.5 Å². The highest BCUT2D eigenvalue weighted by Crippen LogP contribution is 2.28. The van der Waals surface area contributed by atoms with E-state index in [2.05, 4.69) is 0 Å². The second-order valence-electron chi connectivity index (χ2n) is 7.60. The van der Waals surface area contributed by atoms with Crippen molar-refractivity contribution >= 4 is 23.4 Å². The van der Waals surface area contributed by atoms with Crippen LogP contribution >= 0.6 is 0 Å². The standard InChI is InChI=1S/C20H27N3O4/c1-14(2)10-18(24)22(15-4-5-15)12-19(25)21-11-20(26)23(13-21)16-6-8-17(27-3)9-7-16/h6-9,14-15H,4-5,10-13H2,1-3H3. The van der Waals surface area contributed by atoms with Crippen LogP contribution in [0.3, 0.4) is 0 Å². The van der Waals surface area contributed by atoms with Gasteiger partial charge in [0, 0.05) is 18.2 Å². The highest BCUT2D eigenvalue weighted by atomic mass is 16.5. The van der Waals surface area contributed by atoms with E-state index in [4.69, 9.17) is 4.74 Å². The zero-order valence-electron chi connectivity index (χ0n) is 16.2. The Hall–Kier alpha value is -2.57. The molecule has 2 aliphatic rings. The van der Waals surface area contributed by atoms with Crippen molar-refractivity contribution in [3.8, 4) is 5.75 Å². The monoisotopic (exact) mass is 373 g/mol. The lowest BCUT2D eigenvalue weighted by Crippen LogP contribution is -2.44. The second-order valence-corrected chi connectivity index (χ2v) is 7.60. The van der Waals surface area contributed by atoms with E-state index in [1.54, 1.807) is 41.2 Å². The predicted molar refractivity (Wildman–Crippen MR) is 101 cm³/mol. The molecule has 1 aliphatic heterocycles. The number of hydrogen-bond acceptors (Lipinski definition) is 4. The van der Waals surface area contributed by atoms with Gasteiger partial charge in [0.25, 0.3) is 0 Å². The highest BCUT2D eigenvalue weighted by molar-refractivity contribution is 6.00. The number of benzene rings is 1. The Morgan fingerprint density at radius 3 is 2.44 bits per heavy atom. The number of nitrogens with zero attached hydrogens (tertiary/aromatic N) is 3. The van der Waals surface area contributed by atoms with E-state index in [9.17, 15) is 14.4 Å². The van der Waals surface area contributed by atoms with Crippen LogP contribution in [0.5, 0.6) is 5.75 Å². The first kappa shape index (κ1) is 19.2. The molecule has 0 unspecified atom stereocenters. The minimum atomic E-state index is -0.177. The summed E-state index contributed by atoms with van der Waals surface area (Å²) in [6, 6.07) is 7.34. The molecule has 3 amide bonds. The van der Waals surface area contributed by atoms with Crippen LogP contribution in [-0.4, -0.2) is 60.4 Å². The van der Waals surface area contributed by atoms with Crippen molar-refractivity contribution in [1.82, 2.24) is 9.80 Å². The van der Waals surface area contributed by atoms with E-state index >= 15 is 0 Å². The van der Waals surface area contributed by atoms with Crippen LogP contribution < -0.4 is 9.64 Å². The molecule has 146 valence electrons. The normalized spacial score (nSPS) is 16.8. The smallest absolute Gasteiger partial charge is 0.248 e. The van der Waals surface area contributed by atoms with Crippen molar-refractivity contribution in [3.05, 3.63) is 24.3 Å². The fourth-order valence-corrected chi connectivity index (χ4v) is 3.22. The summed E-state index contributed by atoms with van der Waals surface area (Å²) in [5.41, 5.74) is 0.728. The summed E-state index contributed by atoms with van der Waals surface area (Å²) in [6.07, 6.45) is 2.35. The minimum Gasteiger partial charge on any atom is -0.497 e. The molecule has 1 aromatic carbocycles. The molecule has 1 aromatic rings. The van der Waals surface area contributed by atoms with E-state index < -0.39 is 0 Å². The molecule has 1 saturated carbocycles. The maximum atomic E-state index is 12.7. The molecule has 27 heavy (non-hydrogen) atoms. The van der Waals surface area contributed by atoms with Gasteiger partial charge in [0.15, 0.2) is 0 Å². The molecule has 1 aliphatic carbocycles. The third-order valence-electron chi connectivity index (χ3n) is 4.87. The van der Waals surface area contributed by atoms with Gasteiger partial charge < -0.3 is 14.5 Å². The van der Waals surface area contributed by atoms with E-state index in [0.29, 0.717) is 12.2 Å². The lowest BCUT2D eigenvalue weighted by molar-refractivity contribution is -0.141. The molecular weight excluding hydrogens is 346 g/mol. The first-order valence-electron chi connectivity index (χ1n) is 9.40. The summed E-state index contributed by atoms with van der Waals surface area (Å²) in [5, 5.41) is 0. The molecule has 2 fully saturated rings. The van der Waals surface area contributed by atoms with Gasteiger partial charge in [-0.15, -0.1) is 0 Å². The zero-order valence-corrected chi connectivity index (χ0v) is 16.2. The van der Waals surface area contributed by atoms with Crippen LogP contribution in [-0.2, 0) is 14.4 Å². The maximum Gasteiger partial charge on any atom is 0.248 e. The predicted octanol–water partition coefficient (Wildman–Crippen LogP) is 1.86. The molecule has 0 atom stereocenters. The van der Waals surface area contributed by atoms with Crippen LogP contribution in [0, 0.1) is 5.92 Å². The van der Waals surface area contributed by atoms with E-state index in [1.165, 1.54) is 4.90 Å². The average molecular weight is 373 g/mol. The Morgan fingerprint density at radius 1 is 1.22 bits per heavy atom. The average Bonchev–Trinajstić information content (AvgIpc) is 3.40. The van der Waals surface area contributed by atoms with Crippen molar-refractivity contribution in [2.45, 2.75) is 39.2 Å². The lowest BCUT2D eigenvalue weighted by Gasteiger charge is -2.25. The number of carbonyl (C=O) groups excluding carboxylic acids is 3. The summed E-state index contributed by atoms with van der Waals surface area (Å²) in [6.45, 7) is 4.30. The van der Waals surface area contributed by atoms with Gasteiger partial charge in [0.2, 0.25) is 17.7 Å². The number of hydrogen-bond donors (Lipinski definition) is 0. The number of ether oxygens (including phenoxy) is 1. The summed E-state index contributed by atoms with van der Waals surface area (Å²) in [7, 11) is 1.59. The van der Waals surface area contributed by atoms with Gasteiger partial charge in [-0.1, -0.05) is 13.8 Å². The van der Waals surface area contributed by atoms with Crippen LogP contribution in [0.15, 0.2) is 24.3 Å². The second kappa shape index (κ2) is 7.98. The molecule has 3 rings (SSSR count). The minimum absolute atomic E-state index is 0.0263. The quantitative estimate of drug-likeness (QED) is 0.732. The maximum absolute atomic E-state index is 12.7. The van der Waals surface area contributed by atoms with Crippen LogP contribution in [0.25, 0.3) is 0 Å². The fraction of sp³-hybridized carbons (Fsp3) is 0.550. The summed E-state index contributed by atoms with van der Waals surface area (Å²) >= 11 is 0. The molecule has 0 bridgehead atoms. The summed E-state index contributed by atoms with van der Waals surface area (Å²) in [4.78, 5) is 42.4. The molecule has 0 aromatic heterocycles. The van der Waals surface area contributed by atoms with E-state index in [1.807, 2.05) is 13.8 Å². The first-order valence-corrected chi connectivity index (χ1v) is 9.40. The van der Waals surface area contributed by atoms with Gasteiger partial charge in [0.05, 0.1) is 7.11 Å². The van der Waals surface area contributed by atoms with Gasteiger partial charge in [-0.25, -0.2) is 0 Å². The fourth-order valence-electron chi connectivity index (χ4n) is 3.22. The highest BCUT2D eigenvalue weighted by Gasteiger charge is 2.37. The van der Waals surface area contributed by atoms with Crippen molar-refractivity contribution in [3.63, 3.8) is 0 Å². The molecular formula is C20H27N3O4. The van der Waals surface area contributed by atoms with Gasteiger partial charge in [-0.3, -0.25) is 19.3 Å². The Labute approximate surface area is 159 Å². The van der Waals surface area contributed by atoms with Crippen LogP contribution in [0.1, 0.15) is 33.1 Å². The largest absolute Gasteiger partial charge is 0.497 e. The van der Waals surface area contributed by atoms with Crippen molar-refractivity contribution < 1.29 is 19.1 Å². The zero-order chi connectivity index (χ0) is 19.6. The Bertz CT molecular complexity index is 712. The van der Waals surface area contributed by atoms with Gasteiger partial charge >= 0.3 is 0 Å². The van der Waals surface area contributed by atoms with Crippen LogP contribution in [0.4, 0.5) is 5.69 Å². The molecule has 0 N–H and O–H groups in total. The number of rotatable bonds is 7. The van der Waals surface area contributed by atoms with Gasteiger partial charge in [-0.05, 0) is 43.0 Å². The van der Waals surface area contributed by atoms with Gasteiger partial charge in [-0.2, -0.15) is 0 Å². The molecule has 0 spiro atoms. The number of carbonyl (C=O) groups is 3.